The minimum absolute atomic E-state index is 0.0357. The molecule has 1 heterocycles. The molecule has 1 aliphatic heterocycles. The Morgan fingerprint density at radius 1 is 1.29 bits per heavy atom. The van der Waals surface area contributed by atoms with Crippen molar-refractivity contribution in [3.63, 3.8) is 0 Å². The van der Waals surface area contributed by atoms with Crippen molar-refractivity contribution in [1.82, 2.24) is 15.5 Å². The normalized spacial score (nSPS) is 25.0. The minimum Gasteiger partial charge on any atom is -0.374 e. The Kier molecular flexibility index (Phi) is 6.77. The Hall–Kier alpha value is -0.810. The van der Waals surface area contributed by atoms with Crippen LogP contribution < -0.4 is 10.6 Å². The lowest BCUT2D eigenvalue weighted by Gasteiger charge is -2.34. The maximum Gasteiger partial charge on any atom is 0.315 e. The molecule has 0 radical (unpaired) electrons. The number of nitrogens with zero attached hydrogens (tertiary/aromatic N) is 1. The van der Waals surface area contributed by atoms with Gasteiger partial charge in [-0.15, -0.1) is 0 Å². The number of morpholine rings is 1. The van der Waals surface area contributed by atoms with Gasteiger partial charge in [0.1, 0.15) is 0 Å². The summed E-state index contributed by atoms with van der Waals surface area (Å²) in [4.78, 5) is 14.4. The van der Waals surface area contributed by atoms with Gasteiger partial charge in [-0.3, -0.25) is 4.90 Å². The number of hydrogen-bond donors (Lipinski definition) is 2. The molecule has 5 nitrogen and oxygen atoms in total. The molecule has 21 heavy (non-hydrogen) atoms. The Balaban J connectivity index is 1.63. The molecular weight excluding hydrogens is 266 g/mol. The molecule has 1 atom stereocenters. The molecule has 0 aromatic heterocycles. The summed E-state index contributed by atoms with van der Waals surface area (Å²) in [5.74, 6) is 0.673. The lowest BCUT2D eigenvalue weighted by atomic mass is 9.96. The van der Waals surface area contributed by atoms with Crippen LogP contribution in [0.25, 0.3) is 0 Å². The molecular formula is C16H31N3O2. The molecule has 0 spiro atoms. The molecule has 1 saturated carbocycles. The second-order valence-electron chi connectivity index (χ2n) is 6.84. The molecule has 2 rings (SSSR count). The summed E-state index contributed by atoms with van der Waals surface area (Å²) in [6, 6.07) is 0.329. The van der Waals surface area contributed by atoms with Crippen LogP contribution in [0.1, 0.15) is 46.0 Å². The highest BCUT2D eigenvalue weighted by atomic mass is 16.5. The summed E-state index contributed by atoms with van der Waals surface area (Å²) in [6.07, 6.45) is 6.14. The average Bonchev–Trinajstić information content (AvgIpc) is 2.46. The van der Waals surface area contributed by atoms with E-state index in [1.807, 2.05) is 0 Å². The Morgan fingerprint density at radius 3 is 2.76 bits per heavy atom. The van der Waals surface area contributed by atoms with Crippen molar-refractivity contribution in [2.45, 2.75) is 58.1 Å². The Labute approximate surface area is 128 Å². The molecule has 2 aliphatic rings. The van der Waals surface area contributed by atoms with E-state index in [2.05, 4.69) is 29.4 Å². The molecule has 1 saturated heterocycles. The van der Waals surface area contributed by atoms with E-state index in [1.165, 1.54) is 19.3 Å². The average molecular weight is 297 g/mol. The molecule has 0 aromatic rings. The standard InChI is InChI=1S/C16H31N3O2/c1-13(2)11-19-8-9-21-15(12-19)10-17-16(20)18-14-6-4-3-5-7-14/h13-15H,3-12H2,1-2H3,(H2,17,18,20)/t15-/m0/s1. The monoisotopic (exact) mass is 297 g/mol. The maximum atomic E-state index is 11.9. The Bertz CT molecular complexity index is 317. The first-order valence-corrected chi connectivity index (χ1v) is 8.52. The highest BCUT2D eigenvalue weighted by Gasteiger charge is 2.22. The number of ether oxygens (including phenoxy) is 1. The summed E-state index contributed by atoms with van der Waals surface area (Å²) < 4.78 is 5.75. The summed E-state index contributed by atoms with van der Waals surface area (Å²) in [7, 11) is 0. The summed E-state index contributed by atoms with van der Waals surface area (Å²) in [5, 5.41) is 6.05. The van der Waals surface area contributed by atoms with Crippen molar-refractivity contribution < 1.29 is 9.53 Å². The first-order chi connectivity index (χ1) is 10.1. The van der Waals surface area contributed by atoms with Gasteiger partial charge in [0.15, 0.2) is 0 Å². The highest BCUT2D eigenvalue weighted by Crippen LogP contribution is 2.17. The lowest BCUT2D eigenvalue weighted by molar-refractivity contribution is -0.0290. The molecule has 5 heteroatoms. The third-order valence-electron chi connectivity index (χ3n) is 4.28. The zero-order valence-electron chi connectivity index (χ0n) is 13.6. The van der Waals surface area contributed by atoms with Crippen LogP contribution in [0.15, 0.2) is 0 Å². The second kappa shape index (κ2) is 8.59. The van der Waals surface area contributed by atoms with E-state index in [0.717, 1.165) is 39.1 Å². The summed E-state index contributed by atoms with van der Waals surface area (Å²) in [6.45, 7) is 8.87. The van der Waals surface area contributed by atoms with Gasteiger partial charge in [0.25, 0.3) is 0 Å². The molecule has 1 aliphatic carbocycles. The smallest absolute Gasteiger partial charge is 0.315 e. The van der Waals surface area contributed by atoms with Gasteiger partial charge in [-0.25, -0.2) is 4.79 Å². The highest BCUT2D eigenvalue weighted by molar-refractivity contribution is 5.74. The van der Waals surface area contributed by atoms with E-state index in [9.17, 15) is 4.79 Å². The number of carbonyl (C=O) groups excluding carboxylic acids is 1. The second-order valence-corrected chi connectivity index (χ2v) is 6.84. The van der Waals surface area contributed by atoms with Crippen LogP contribution in [0.4, 0.5) is 4.79 Å². The quantitative estimate of drug-likeness (QED) is 0.816. The van der Waals surface area contributed by atoms with Crippen LogP contribution in [-0.4, -0.2) is 55.9 Å². The van der Waals surface area contributed by atoms with Crippen LogP contribution >= 0.6 is 0 Å². The van der Waals surface area contributed by atoms with E-state index in [1.54, 1.807) is 0 Å². The predicted molar refractivity (Wildman–Crippen MR) is 84.4 cm³/mol. The van der Waals surface area contributed by atoms with Gasteiger partial charge in [-0.1, -0.05) is 33.1 Å². The van der Waals surface area contributed by atoms with Crippen molar-refractivity contribution >= 4 is 6.03 Å². The van der Waals surface area contributed by atoms with Crippen LogP contribution in [0.2, 0.25) is 0 Å². The number of hydrogen-bond acceptors (Lipinski definition) is 3. The molecule has 0 unspecified atom stereocenters. The van der Waals surface area contributed by atoms with E-state index in [0.29, 0.717) is 18.5 Å². The number of urea groups is 1. The lowest BCUT2D eigenvalue weighted by Crippen LogP contribution is -2.51. The number of carbonyl (C=O) groups is 1. The molecule has 2 N–H and O–H groups in total. The first-order valence-electron chi connectivity index (χ1n) is 8.52. The maximum absolute atomic E-state index is 11.9. The fourth-order valence-electron chi connectivity index (χ4n) is 3.28. The van der Waals surface area contributed by atoms with E-state index in [4.69, 9.17) is 4.74 Å². The fourth-order valence-corrected chi connectivity index (χ4v) is 3.28. The third-order valence-corrected chi connectivity index (χ3v) is 4.28. The van der Waals surface area contributed by atoms with Gasteiger partial charge in [0.2, 0.25) is 0 Å². The van der Waals surface area contributed by atoms with E-state index < -0.39 is 0 Å². The molecule has 2 amide bonds. The third kappa shape index (κ3) is 6.22. The predicted octanol–water partition coefficient (Wildman–Crippen LogP) is 1.98. The first kappa shape index (κ1) is 16.6. The topological polar surface area (TPSA) is 53.6 Å². The van der Waals surface area contributed by atoms with Gasteiger partial charge in [0.05, 0.1) is 12.7 Å². The zero-order chi connectivity index (χ0) is 15.1. The Morgan fingerprint density at radius 2 is 2.05 bits per heavy atom. The minimum atomic E-state index is -0.0357. The number of nitrogens with one attached hydrogen (secondary N) is 2. The van der Waals surface area contributed by atoms with Gasteiger partial charge in [-0.2, -0.15) is 0 Å². The van der Waals surface area contributed by atoms with Crippen molar-refractivity contribution in [2.24, 2.45) is 5.92 Å². The summed E-state index contributed by atoms with van der Waals surface area (Å²) in [5.41, 5.74) is 0. The van der Waals surface area contributed by atoms with Crippen LogP contribution in [0, 0.1) is 5.92 Å². The van der Waals surface area contributed by atoms with Crippen molar-refractivity contribution in [2.75, 3.05) is 32.8 Å². The molecule has 2 fully saturated rings. The molecule has 0 bridgehead atoms. The van der Waals surface area contributed by atoms with E-state index in [-0.39, 0.29) is 12.1 Å². The van der Waals surface area contributed by atoms with Gasteiger partial charge in [0, 0.05) is 32.2 Å². The van der Waals surface area contributed by atoms with Gasteiger partial charge in [-0.05, 0) is 18.8 Å². The largest absolute Gasteiger partial charge is 0.374 e. The SMILES string of the molecule is CC(C)CN1CCO[C@@H](CNC(=O)NC2CCCCC2)C1. The zero-order valence-corrected chi connectivity index (χ0v) is 13.6. The van der Waals surface area contributed by atoms with Crippen LogP contribution in [0.3, 0.4) is 0 Å². The van der Waals surface area contributed by atoms with E-state index >= 15 is 0 Å². The molecule has 122 valence electrons. The van der Waals surface area contributed by atoms with Gasteiger partial charge < -0.3 is 15.4 Å². The van der Waals surface area contributed by atoms with Crippen molar-refractivity contribution in [1.29, 1.82) is 0 Å². The van der Waals surface area contributed by atoms with Crippen LogP contribution in [0.5, 0.6) is 0 Å². The fraction of sp³-hybridized carbons (Fsp3) is 0.938. The summed E-state index contributed by atoms with van der Waals surface area (Å²) >= 11 is 0. The molecule has 0 aromatic carbocycles. The van der Waals surface area contributed by atoms with Crippen molar-refractivity contribution in [3.8, 4) is 0 Å². The van der Waals surface area contributed by atoms with Gasteiger partial charge >= 0.3 is 6.03 Å². The number of rotatable bonds is 5. The van der Waals surface area contributed by atoms with Crippen molar-refractivity contribution in [3.05, 3.63) is 0 Å². The van der Waals surface area contributed by atoms with Crippen LogP contribution in [-0.2, 0) is 4.74 Å². The number of amides is 2.